The van der Waals surface area contributed by atoms with Gasteiger partial charge in [-0.3, -0.25) is 0 Å². The molecule has 0 heteroatoms. The molecule has 0 N–H and O–H groups in total. The van der Waals surface area contributed by atoms with Crippen LogP contribution < -0.4 is 0 Å². The van der Waals surface area contributed by atoms with E-state index in [1.807, 2.05) is 0 Å². The molecule has 168 valence electrons. The first-order valence-corrected chi connectivity index (χ1v) is 12.5. The van der Waals surface area contributed by atoms with Crippen LogP contribution in [-0.2, 0) is 23.7 Å². The molecule has 0 saturated heterocycles. The zero-order chi connectivity index (χ0) is 22.9. The Hall–Kier alpha value is -0.910. The Labute approximate surface area is 188 Å². The molecule has 0 bridgehead atoms. The van der Waals surface area contributed by atoms with E-state index >= 15 is 0 Å². The van der Waals surface area contributed by atoms with E-state index in [1.54, 1.807) is 39.3 Å². The van der Waals surface area contributed by atoms with Gasteiger partial charge in [0.1, 0.15) is 0 Å². The lowest BCUT2D eigenvalue weighted by atomic mass is 9.50. The van der Waals surface area contributed by atoms with Crippen molar-refractivity contribution < 1.29 is 0 Å². The molecule has 1 aromatic rings. The van der Waals surface area contributed by atoms with Crippen molar-refractivity contribution in [1.29, 1.82) is 0 Å². The number of hydrogen-bond donors (Lipinski definition) is 0. The van der Waals surface area contributed by atoms with E-state index in [1.165, 1.54) is 38.5 Å². The molecule has 0 aromatic heterocycles. The molecule has 0 radical (unpaired) electrons. The summed E-state index contributed by atoms with van der Waals surface area (Å²) in [6.45, 7) is 29.2. The van der Waals surface area contributed by atoms with Gasteiger partial charge in [0.05, 0.1) is 26.2 Å². The van der Waals surface area contributed by atoms with Crippen molar-refractivity contribution in [3.8, 4) is 0 Å². The molecular weight excluding hydrogens is 360 g/mol. The third-order valence-corrected chi connectivity index (χ3v) is 8.13. The average Bonchev–Trinajstić information content (AvgIpc) is 2.45. The number of fused-ring (bicyclic) bond motifs is 2. The third kappa shape index (κ3) is 4.10. The molecule has 2 aliphatic carbocycles. The van der Waals surface area contributed by atoms with Crippen molar-refractivity contribution in [2.45, 2.75) is 132 Å². The second kappa shape index (κ2) is 7.31. The van der Waals surface area contributed by atoms with E-state index in [2.05, 4.69) is 83.1 Å². The Balaban J connectivity index is 1.91. The Morgan fingerprint density at radius 2 is 1.20 bits per heavy atom. The SMILES string of the molecule is Cc1c2c(c(C)c3c1C(C)(CC(C)(C)C[C+](C)C)C3)C(C)(CC(C)(C)CC(C)C)C2. The van der Waals surface area contributed by atoms with Gasteiger partial charge in [0.2, 0.25) is 0 Å². The van der Waals surface area contributed by atoms with Gasteiger partial charge in [-0.1, -0.05) is 55.4 Å². The summed E-state index contributed by atoms with van der Waals surface area (Å²) in [5.41, 5.74) is 11.7. The standard InChI is InChI=1S/C30H49/c1-19(2)13-27(7,8)17-29(11)15-23-22(6)26-24(21(5)25(23)29)16-30(26,12)18-28(9,10)14-20(3)4/h19H,13-18H2,1-12H3/q+1. The lowest BCUT2D eigenvalue weighted by Gasteiger charge is -2.54. The van der Waals surface area contributed by atoms with Gasteiger partial charge in [0, 0.05) is 5.41 Å². The molecule has 30 heavy (non-hydrogen) atoms. The van der Waals surface area contributed by atoms with Gasteiger partial charge in [0.25, 0.3) is 0 Å². The minimum absolute atomic E-state index is 0.362. The Bertz CT molecular complexity index is 733. The summed E-state index contributed by atoms with van der Waals surface area (Å²) in [5.74, 6) is 2.34. The molecular formula is C30H49+. The van der Waals surface area contributed by atoms with E-state index in [4.69, 9.17) is 0 Å². The summed E-state index contributed by atoms with van der Waals surface area (Å²) in [5, 5.41) is 0. The Kier molecular flexibility index (Phi) is 5.79. The fourth-order valence-corrected chi connectivity index (χ4v) is 8.56. The first-order valence-electron chi connectivity index (χ1n) is 12.5. The molecule has 2 aliphatic rings. The summed E-state index contributed by atoms with van der Waals surface area (Å²) < 4.78 is 0. The van der Waals surface area contributed by atoms with Crippen molar-refractivity contribution in [1.82, 2.24) is 0 Å². The third-order valence-electron chi connectivity index (χ3n) is 8.13. The van der Waals surface area contributed by atoms with E-state index in [0.29, 0.717) is 21.7 Å². The van der Waals surface area contributed by atoms with Gasteiger partial charge in [0.15, 0.2) is 0 Å². The summed E-state index contributed by atoms with van der Waals surface area (Å²) in [7, 11) is 0. The maximum Gasteiger partial charge on any atom is 0.0945 e. The van der Waals surface area contributed by atoms with Gasteiger partial charge >= 0.3 is 0 Å². The highest BCUT2D eigenvalue weighted by molar-refractivity contribution is 5.65. The van der Waals surface area contributed by atoms with Crippen LogP contribution in [0.1, 0.15) is 128 Å². The predicted octanol–water partition coefficient (Wildman–Crippen LogP) is 8.81. The second-order valence-corrected chi connectivity index (χ2v) is 14.1. The van der Waals surface area contributed by atoms with Gasteiger partial charge in [-0.15, -0.1) is 0 Å². The van der Waals surface area contributed by atoms with Crippen LogP contribution in [-0.4, -0.2) is 0 Å². The van der Waals surface area contributed by atoms with Crippen molar-refractivity contribution in [3.05, 3.63) is 39.3 Å². The van der Waals surface area contributed by atoms with Crippen molar-refractivity contribution in [3.63, 3.8) is 0 Å². The van der Waals surface area contributed by atoms with Crippen LogP contribution in [0, 0.1) is 36.5 Å². The molecule has 0 heterocycles. The lowest BCUT2D eigenvalue weighted by molar-refractivity contribution is 0.183. The van der Waals surface area contributed by atoms with Crippen LogP contribution in [0.4, 0.5) is 0 Å². The molecule has 1 aromatic carbocycles. The monoisotopic (exact) mass is 409 g/mol. The van der Waals surface area contributed by atoms with E-state index in [-0.39, 0.29) is 0 Å². The molecule has 0 spiro atoms. The minimum Gasteiger partial charge on any atom is -0.0628 e. The number of benzene rings is 1. The predicted molar refractivity (Wildman–Crippen MR) is 133 cm³/mol. The van der Waals surface area contributed by atoms with E-state index < -0.39 is 0 Å². The fraction of sp³-hybridized carbons (Fsp3) is 0.767. The van der Waals surface area contributed by atoms with Crippen molar-refractivity contribution in [2.75, 3.05) is 0 Å². The maximum atomic E-state index is 2.55. The number of rotatable bonds is 8. The summed E-state index contributed by atoms with van der Waals surface area (Å²) in [6, 6.07) is 0. The largest absolute Gasteiger partial charge is 0.0945 e. The molecule has 2 unspecified atom stereocenters. The molecule has 0 saturated carbocycles. The lowest BCUT2D eigenvalue weighted by Crippen LogP contribution is -2.47. The van der Waals surface area contributed by atoms with Gasteiger partial charge in [-0.2, -0.15) is 0 Å². The number of hydrogen-bond acceptors (Lipinski definition) is 0. The molecule has 0 fully saturated rings. The van der Waals surface area contributed by atoms with Crippen LogP contribution in [0.3, 0.4) is 0 Å². The van der Waals surface area contributed by atoms with Gasteiger partial charge in [-0.25, -0.2) is 0 Å². The zero-order valence-corrected chi connectivity index (χ0v) is 22.3. The average molecular weight is 410 g/mol. The van der Waals surface area contributed by atoms with Crippen LogP contribution >= 0.6 is 0 Å². The highest BCUT2D eigenvalue weighted by Gasteiger charge is 2.51. The zero-order valence-electron chi connectivity index (χ0n) is 22.3. The normalized spacial score (nSPS) is 25.5. The van der Waals surface area contributed by atoms with Crippen LogP contribution in [0.25, 0.3) is 0 Å². The molecule has 2 atom stereocenters. The smallest absolute Gasteiger partial charge is 0.0628 e. The van der Waals surface area contributed by atoms with Gasteiger partial charge < -0.3 is 0 Å². The van der Waals surface area contributed by atoms with E-state index in [9.17, 15) is 0 Å². The van der Waals surface area contributed by atoms with Crippen LogP contribution in [0.15, 0.2) is 0 Å². The molecule has 0 nitrogen and oxygen atoms in total. The molecule has 3 rings (SSSR count). The maximum absolute atomic E-state index is 2.55. The Morgan fingerprint density at radius 3 is 1.57 bits per heavy atom. The van der Waals surface area contributed by atoms with E-state index in [0.717, 1.165) is 5.92 Å². The Morgan fingerprint density at radius 1 is 0.800 bits per heavy atom. The van der Waals surface area contributed by atoms with Crippen LogP contribution in [0.5, 0.6) is 0 Å². The summed E-state index contributed by atoms with van der Waals surface area (Å²) in [4.78, 5) is 0. The second-order valence-electron chi connectivity index (χ2n) is 14.1. The van der Waals surface area contributed by atoms with Gasteiger partial charge in [-0.05, 0) is 101 Å². The first kappa shape index (κ1) is 23.7. The topological polar surface area (TPSA) is 0 Å². The quantitative estimate of drug-likeness (QED) is 0.376. The fourth-order valence-electron chi connectivity index (χ4n) is 8.56. The summed E-state index contributed by atoms with van der Waals surface area (Å²) >= 11 is 0. The summed E-state index contributed by atoms with van der Waals surface area (Å²) in [6.07, 6.45) is 7.74. The minimum atomic E-state index is 0.362. The molecule has 0 amide bonds. The highest BCUT2D eigenvalue weighted by atomic mass is 14.5. The first-order chi connectivity index (χ1) is 13.5. The highest BCUT2D eigenvalue weighted by Crippen LogP contribution is 2.59. The van der Waals surface area contributed by atoms with Crippen molar-refractivity contribution >= 4 is 0 Å². The van der Waals surface area contributed by atoms with Crippen molar-refractivity contribution in [2.24, 2.45) is 16.7 Å². The van der Waals surface area contributed by atoms with Crippen LogP contribution in [0.2, 0.25) is 0 Å². The molecule has 0 aliphatic heterocycles.